The van der Waals surface area contributed by atoms with E-state index in [0.29, 0.717) is 34.6 Å². The van der Waals surface area contributed by atoms with Gasteiger partial charge < -0.3 is 9.30 Å². The highest BCUT2D eigenvalue weighted by molar-refractivity contribution is 5.80. The monoisotopic (exact) mass is 407 g/mol. The van der Waals surface area contributed by atoms with Crippen LogP contribution in [0.1, 0.15) is 21.5 Å². The third-order valence-corrected chi connectivity index (χ3v) is 4.58. The fourth-order valence-corrected chi connectivity index (χ4v) is 3.08. The first-order valence-electron chi connectivity index (χ1n) is 8.97. The molecule has 0 amide bonds. The molecule has 0 spiro atoms. The van der Waals surface area contributed by atoms with E-state index in [9.17, 15) is 18.4 Å². The second kappa shape index (κ2) is 7.82. The van der Waals surface area contributed by atoms with Gasteiger partial charge in [-0.2, -0.15) is 4.98 Å². The van der Waals surface area contributed by atoms with Gasteiger partial charge in [0.15, 0.2) is 6.29 Å². The maximum absolute atomic E-state index is 14.0. The minimum absolute atomic E-state index is 0.0733. The van der Waals surface area contributed by atoms with Gasteiger partial charge in [-0.1, -0.05) is 6.07 Å². The number of aryl methyl sites for hydroxylation is 1. The molecule has 2 heterocycles. The van der Waals surface area contributed by atoms with Crippen LogP contribution in [0.5, 0.6) is 11.6 Å². The minimum Gasteiger partial charge on any atom is -0.439 e. The first-order chi connectivity index (χ1) is 14.4. The van der Waals surface area contributed by atoms with Gasteiger partial charge in [-0.3, -0.25) is 9.59 Å². The Morgan fingerprint density at radius 2 is 1.93 bits per heavy atom. The van der Waals surface area contributed by atoms with E-state index in [1.807, 2.05) is 0 Å². The molecule has 0 N–H and O–H groups in total. The van der Waals surface area contributed by atoms with E-state index < -0.39 is 17.2 Å². The predicted octanol–water partition coefficient (Wildman–Crippen LogP) is 4.03. The summed E-state index contributed by atoms with van der Waals surface area (Å²) in [6.45, 7) is 1.83. The SMILES string of the molecule is Cc1cc(C=O)cnc1Oc1ccc2c(c1)c(=O)ncn2Cc1ccc(F)cc1F. The maximum atomic E-state index is 14.0. The zero-order chi connectivity index (χ0) is 21.3. The Hall–Kier alpha value is -3.94. The number of ether oxygens (including phenoxy) is 1. The number of halogens is 2. The number of hydrogen-bond donors (Lipinski definition) is 0. The van der Waals surface area contributed by atoms with Crippen LogP contribution >= 0.6 is 0 Å². The molecule has 0 aliphatic carbocycles. The topological polar surface area (TPSA) is 74.1 Å². The van der Waals surface area contributed by atoms with Gasteiger partial charge in [-0.15, -0.1) is 0 Å². The molecule has 0 saturated heterocycles. The van der Waals surface area contributed by atoms with Crippen LogP contribution in [0.15, 0.2) is 59.8 Å². The van der Waals surface area contributed by atoms with Crippen LogP contribution in [0.4, 0.5) is 8.78 Å². The van der Waals surface area contributed by atoms with E-state index in [1.165, 1.54) is 30.7 Å². The van der Waals surface area contributed by atoms with Crippen molar-refractivity contribution in [3.05, 3.63) is 93.7 Å². The van der Waals surface area contributed by atoms with Crippen molar-refractivity contribution in [2.45, 2.75) is 13.5 Å². The first kappa shape index (κ1) is 19.4. The lowest BCUT2D eigenvalue weighted by Gasteiger charge is -2.12. The standard InChI is InChI=1S/C22H15F2N3O3/c1-13-6-14(11-28)9-25-22(13)30-17-4-5-20-18(8-17)21(29)26-12-27(20)10-15-2-3-16(23)7-19(15)24/h2-9,11-12H,10H2,1H3. The summed E-state index contributed by atoms with van der Waals surface area (Å²) in [5.74, 6) is -0.674. The fraction of sp³-hybridized carbons (Fsp3) is 0.0909. The van der Waals surface area contributed by atoms with Crippen LogP contribution in [0.3, 0.4) is 0 Å². The normalized spacial score (nSPS) is 10.9. The number of hydrogen-bond acceptors (Lipinski definition) is 5. The van der Waals surface area contributed by atoms with Gasteiger partial charge in [0.25, 0.3) is 5.56 Å². The molecule has 0 atom stereocenters. The quantitative estimate of drug-likeness (QED) is 0.467. The average molecular weight is 407 g/mol. The zero-order valence-corrected chi connectivity index (χ0v) is 15.8. The van der Waals surface area contributed by atoms with Gasteiger partial charge >= 0.3 is 0 Å². The summed E-state index contributed by atoms with van der Waals surface area (Å²) < 4.78 is 34.5. The van der Waals surface area contributed by atoms with Crippen molar-refractivity contribution < 1.29 is 18.3 Å². The lowest BCUT2D eigenvalue weighted by molar-refractivity contribution is 0.112. The highest BCUT2D eigenvalue weighted by Gasteiger charge is 2.11. The van der Waals surface area contributed by atoms with Crippen molar-refractivity contribution in [2.75, 3.05) is 0 Å². The predicted molar refractivity (Wildman–Crippen MR) is 106 cm³/mol. The van der Waals surface area contributed by atoms with Crippen molar-refractivity contribution in [2.24, 2.45) is 0 Å². The summed E-state index contributed by atoms with van der Waals surface area (Å²) >= 11 is 0. The molecule has 2 aromatic heterocycles. The van der Waals surface area contributed by atoms with Crippen LogP contribution in [0.25, 0.3) is 10.9 Å². The number of carbonyl (C=O) groups is 1. The third-order valence-electron chi connectivity index (χ3n) is 4.58. The number of nitrogens with zero attached hydrogens (tertiary/aromatic N) is 3. The van der Waals surface area contributed by atoms with E-state index in [-0.39, 0.29) is 17.5 Å². The summed E-state index contributed by atoms with van der Waals surface area (Å²) in [6.07, 6.45) is 3.40. The van der Waals surface area contributed by atoms with Crippen LogP contribution in [-0.2, 0) is 6.54 Å². The molecule has 4 rings (SSSR count). The molecule has 0 unspecified atom stereocenters. The molecule has 0 fully saturated rings. The molecule has 0 aliphatic heterocycles. The molecule has 0 aliphatic rings. The molecule has 6 nitrogen and oxygen atoms in total. The van der Waals surface area contributed by atoms with E-state index in [0.717, 1.165) is 6.07 Å². The summed E-state index contributed by atoms with van der Waals surface area (Å²) in [5, 5.41) is 0.277. The Morgan fingerprint density at radius 3 is 2.67 bits per heavy atom. The number of fused-ring (bicyclic) bond motifs is 1. The summed E-state index contributed by atoms with van der Waals surface area (Å²) in [7, 11) is 0. The number of pyridine rings is 1. The molecular weight excluding hydrogens is 392 g/mol. The largest absolute Gasteiger partial charge is 0.439 e. The van der Waals surface area contributed by atoms with Crippen LogP contribution in [-0.4, -0.2) is 20.8 Å². The van der Waals surface area contributed by atoms with Gasteiger partial charge in [0.1, 0.15) is 17.4 Å². The van der Waals surface area contributed by atoms with Crippen molar-refractivity contribution in [3.63, 3.8) is 0 Å². The Labute approximate surface area is 169 Å². The number of carbonyl (C=O) groups excluding carboxylic acids is 1. The first-order valence-corrected chi connectivity index (χ1v) is 8.97. The Bertz CT molecular complexity index is 1340. The van der Waals surface area contributed by atoms with E-state index in [4.69, 9.17) is 4.74 Å². The smallest absolute Gasteiger partial charge is 0.280 e. The molecular formula is C22H15F2N3O3. The van der Waals surface area contributed by atoms with Gasteiger partial charge in [-0.05, 0) is 37.3 Å². The second-order valence-corrected chi connectivity index (χ2v) is 6.70. The summed E-state index contributed by atoms with van der Waals surface area (Å²) in [6, 6.07) is 9.80. The maximum Gasteiger partial charge on any atom is 0.280 e. The highest BCUT2D eigenvalue weighted by atomic mass is 19.1. The second-order valence-electron chi connectivity index (χ2n) is 6.70. The summed E-state index contributed by atoms with van der Waals surface area (Å²) in [5.41, 5.74) is 1.41. The number of aromatic nitrogens is 3. The van der Waals surface area contributed by atoms with E-state index in [2.05, 4.69) is 9.97 Å². The number of rotatable bonds is 5. The summed E-state index contributed by atoms with van der Waals surface area (Å²) in [4.78, 5) is 31.1. The number of benzene rings is 2. The van der Waals surface area contributed by atoms with Gasteiger partial charge in [-0.25, -0.2) is 13.8 Å². The van der Waals surface area contributed by atoms with Gasteiger partial charge in [0.05, 0.1) is 23.8 Å². The lowest BCUT2D eigenvalue weighted by atomic mass is 10.2. The van der Waals surface area contributed by atoms with Crippen molar-refractivity contribution in [1.82, 2.24) is 14.5 Å². The Morgan fingerprint density at radius 1 is 1.10 bits per heavy atom. The van der Waals surface area contributed by atoms with Crippen molar-refractivity contribution >= 4 is 17.2 Å². The number of aldehydes is 1. The molecule has 0 radical (unpaired) electrons. The van der Waals surface area contributed by atoms with E-state index >= 15 is 0 Å². The minimum atomic E-state index is -0.679. The zero-order valence-electron chi connectivity index (χ0n) is 15.8. The molecule has 0 saturated carbocycles. The molecule has 2 aromatic carbocycles. The van der Waals surface area contributed by atoms with Gasteiger partial charge in [0, 0.05) is 29.0 Å². The van der Waals surface area contributed by atoms with Gasteiger partial charge in [0.2, 0.25) is 5.88 Å². The average Bonchev–Trinajstić information content (AvgIpc) is 2.73. The fourth-order valence-electron chi connectivity index (χ4n) is 3.08. The molecule has 30 heavy (non-hydrogen) atoms. The Balaban J connectivity index is 1.70. The highest BCUT2D eigenvalue weighted by Crippen LogP contribution is 2.26. The van der Waals surface area contributed by atoms with Crippen LogP contribution in [0, 0.1) is 18.6 Å². The van der Waals surface area contributed by atoms with Crippen LogP contribution in [0.2, 0.25) is 0 Å². The van der Waals surface area contributed by atoms with Crippen molar-refractivity contribution in [3.8, 4) is 11.6 Å². The van der Waals surface area contributed by atoms with E-state index in [1.54, 1.807) is 29.7 Å². The molecule has 150 valence electrons. The Kier molecular flexibility index (Phi) is 5.05. The molecule has 0 bridgehead atoms. The molecule has 8 heteroatoms. The van der Waals surface area contributed by atoms with Crippen molar-refractivity contribution in [1.29, 1.82) is 0 Å². The lowest BCUT2D eigenvalue weighted by Crippen LogP contribution is -2.13. The molecule has 4 aromatic rings. The van der Waals surface area contributed by atoms with Crippen LogP contribution < -0.4 is 10.3 Å². The third kappa shape index (κ3) is 3.80.